The second-order valence-corrected chi connectivity index (χ2v) is 11.3. The number of aromatic nitrogens is 1. The van der Waals surface area contributed by atoms with Gasteiger partial charge in [0.15, 0.2) is 0 Å². The normalized spacial score (nSPS) is 29.2. The monoisotopic (exact) mass is 528 g/mol. The van der Waals surface area contributed by atoms with E-state index in [-0.39, 0.29) is 24.7 Å². The van der Waals surface area contributed by atoms with E-state index < -0.39 is 54.3 Å². The molecule has 3 saturated heterocycles. The molecule has 0 aromatic carbocycles. The van der Waals surface area contributed by atoms with E-state index in [0.29, 0.717) is 37.4 Å². The Bertz CT molecular complexity index is 1140. The van der Waals surface area contributed by atoms with Gasteiger partial charge in [0.2, 0.25) is 17.7 Å². The summed E-state index contributed by atoms with van der Waals surface area (Å²) in [5.41, 5.74) is 1.58. The van der Waals surface area contributed by atoms with Crippen molar-refractivity contribution in [3.8, 4) is 6.07 Å². The molecule has 0 radical (unpaired) electrons. The quantitative estimate of drug-likeness (QED) is 0.452. The molecule has 3 aliphatic heterocycles. The van der Waals surface area contributed by atoms with E-state index in [1.54, 1.807) is 12.4 Å². The molecule has 4 heterocycles. The number of anilines is 1. The molecule has 6 atom stereocenters. The van der Waals surface area contributed by atoms with Gasteiger partial charge in [-0.15, -0.1) is 0 Å². The number of fused-ring (bicyclic) bond motifs is 3. The predicted octanol–water partition coefficient (Wildman–Crippen LogP) is 2.52. The number of hydrogen-bond donors (Lipinski definition) is 3. The molecule has 0 unspecified atom stereocenters. The van der Waals surface area contributed by atoms with Crippen LogP contribution in [0, 0.1) is 36.0 Å². The molecule has 9 nitrogen and oxygen atoms in total. The number of nitriles is 1. The number of aryl methyl sites for hydroxylation is 1. The summed E-state index contributed by atoms with van der Waals surface area (Å²) in [5, 5.41) is 18.2. The first-order valence-corrected chi connectivity index (χ1v) is 13.5. The third-order valence-corrected chi connectivity index (χ3v) is 8.39. The molecule has 3 N–H and O–H groups in total. The molecule has 5 fully saturated rings. The van der Waals surface area contributed by atoms with Crippen molar-refractivity contribution >= 4 is 23.4 Å². The molecule has 3 amide bonds. The van der Waals surface area contributed by atoms with Crippen LogP contribution < -0.4 is 16.0 Å². The first-order chi connectivity index (χ1) is 18.2. The van der Waals surface area contributed by atoms with Gasteiger partial charge in [-0.1, -0.05) is 12.8 Å². The summed E-state index contributed by atoms with van der Waals surface area (Å²) >= 11 is 0. The van der Waals surface area contributed by atoms with Crippen LogP contribution >= 0.6 is 0 Å². The third kappa shape index (κ3) is 5.45. The molecule has 5 aliphatic rings. The fourth-order valence-electron chi connectivity index (χ4n) is 6.30. The van der Waals surface area contributed by atoms with Gasteiger partial charge in [0.1, 0.15) is 18.1 Å². The average molecular weight is 529 g/mol. The SMILES string of the molecule is Cc1cncc(N[C@@H](CC2CC2)C(=O)N2[C@@H]3CC[C@H]([C@H]2C(=O)N[C@@H](C#N)C[C@@H]2CCNC2=O)C(F)(F)C3)c1. The summed E-state index contributed by atoms with van der Waals surface area (Å²) < 4.78 is 30.2. The van der Waals surface area contributed by atoms with Gasteiger partial charge in [0, 0.05) is 37.3 Å². The number of hydrogen-bond acceptors (Lipinski definition) is 6. The lowest BCUT2D eigenvalue weighted by Gasteiger charge is -2.54. The largest absolute Gasteiger partial charge is 0.372 e. The minimum absolute atomic E-state index is 0.103. The van der Waals surface area contributed by atoms with Crippen molar-refractivity contribution in [1.82, 2.24) is 20.5 Å². The minimum atomic E-state index is -3.09. The van der Waals surface area contributed by atoms with Crippen LogP contribution in [0.4, 0.5) is 14.5 Å². The molecule has 1 aromatic rings. The lowest BCUT2D eigenvalue weighted by atomic mass is 9.71. The Morgan fingerprint density at radius 1 is 1.24 bits per heavy atom. The van der Waals surface area contributed by atoms with Crippen molar-refractivity contribution in [2.24, 2.45) is 17.8 Å². The van der Waals surface area contributed by atoms with Crippen LogP contribution in [0.15, 0.2) is 18.5 Å². The number of nitrogens with one attached hydrogen (secondary N) is 3. The van der Waals surface area contributed by atoms with Gasteiger partial charge in [-0.25, -0.2) is 8.78 Å². The molecular formula is C27H34F2N6O3. The van der Waals surface area contributed by atoms with E-state index >= 15 is 8.78 Å². The molecular weight excluding hydrogens is 494 g/mol. The summed E-state index contributed by atoms with van der Waals surface area (Å²) in [5.74, 6) is -5.77. The topological polar surface area (TPSA) is 127 Å². The van der Waals surface area contributed by atoms with E-state index in [0.717, 1.165) is 18.4 Å². The number of nitrogens with zero attached hydrogens (tertiary/aromatic N) is 3. The van der Waals surface area contributed by atoms with Crippen LogP contribution in [0.25, 0.3) is 0 Å². The molecule has 1 aromatic heterocycles. The fraction of sp³-hybridized carbons (Fsp3) is 0.667. The van der Waals surface area contributed by atoms with Crippen LogP contribution in [-0.2, 0) is 14.4 Å². The Morgan fingerprint density at radius 3 is 2.66 bits per heavy atom. The number of piperidine rings is 2. The maximum absolute atomic E-state index is 15.1. The molecule has 204 valence electrons. The van der Waals surface area contributed by atoms with Gasteiger partial charge in [-0.05, 0) is 56.6 Å². The van der Waals surface area contributed by atoms with Crippen molar-refractivity contribution in [2.75, 3.05) is 11.9 Å². The zero-order valence-corrected chi connectivity index (χ0v) is 21.5. The Balaban J connectivity index is 1.38. The second kappa shape index (κ2) is 10.5. The smallest absolute Gasteiger partial charge is 0.255 e. The average Bonchev–Trinajstić information content (AvgIpc) is 3.61. The van der Waals surface area contributed by atoms with Crippen molar-refractivity contribution in [3.63, 3.8) is 0 Å². The Hall–Kier alpha value is -3.29. The Kier molecular flexibility index (Phi) is 7.25. The fourth-order valence-corrected chi connectivity index (χ4v) is 6.30. The van der Waals surface area contributed by atoms with Crippen LogP contribution in [0.2, 0.25) is 0 Å². The summed E-state index contributed by atoms with van der Waals surface area (Å²) in [6, 6.07) is 0.0408. The maximum atomic E-state index is 15.1. The number of pyridine rings is 1. The number of amides is 3. The van der Waals surface area contributed by atoms with E-state index in [4.69, 9.17) is 0 Å². The first-order valence-electron chi connectivity index (χ1n) is 13.5. The highest BCUT2D eigenvalue weighted by atomic mass is 19.3. The van der Waals surface area contributed by atoms with Crippen molar-refractivity contribution in [1.29, 1.82) is 5.26 Å². The van der Waals surface area contributed by atoms with Gasteiger partial charge in [-0.2, -0.15) is 5.26 Å². The van der Waals surface area contributed by atoms with Gasteiger partial charge < -0.3 is 20.9 Å². The van der Waals surface area contributed by atoms with Crippen LogP contribution in [-0.4, -0.2) is 64.2 Å². The minimum Gasteiger partial charge on any atom is -0.372 e. The van der Waals surface area contributed by atoms with Gasteiger partial charge >= 0.3 is 0 Å². The van der Waals surface area contributed by atoms with Crippen LogP contribution in [0.3, 0.4) is 0 Å². The van der Waals surface area contributed by atoms with E-state index in [1.807, 2.05) is 19.1 Å². The second-order valence-electron chi connectivity index (χ2n) is 11.3. The van der Waals surface area contributed by atoms with Gasteiger partial charge in [-0.3, -0.25) is 19.4 Å². The molecule has 11 heteroatoms. The number of carbonyl (C=O) groups excluding carboxylic acids is 3. The molecule has 38 heavy (non-hydrogen) atoms. The number of halogens is 2. The number of carbonyl (C=O) groups is 3. The highest BCUT2D eigenvalue weighted by molar-refractivity contribution is 5.92. The molecule has 2 aliphatic carbocycles. The van der Waals surface area contributed by atoms with Crippen LogP contribution in [0.5, 0.6) is 0 Å². The first kappa shape index (κ1) is 26.3. The lowest BCUT2D eigenvalue weighted by Crippen LogP contribution is -2.70. The third-order valence-electron chi connectivity index (χ3n) is 8.39. The highest BCUT2D eigenvalue weighted by Crippen LogP contribution is 2.49. The Labute approximate surface area is 220 Å². The summed E-state index contributed by atoms with van der Waals surface area (Å²) in [6.45, 7) is 2.39. The van der Waals surface area contributed by atoms with E-state index in [9.17, 15) is 19.6 Å². The molecule has 2 saturated carbocycles. The van der Waals surface area contributed by atoms with Crippen LogP contribution in [0.1, 0.15) is 56.9 Å². The zero-order chi connectivity index (χ0) is 27.0. The zero-order valence-electron chi connectivity index (χ0n) is 21.5. The van der Waals surface area contributed by atoms with E-state index in [1.165, 1.54) is 4.90 Å². The molecule has 2 bridgehead atoms. The van der Waals surface area contributed by atoms with Crippen molar-refractivity contribution < 1.29 is 23.2 Å². The summed E-state index contributed by atoms with van der Waals surface area (Å²) in [6.07, 6.45) is 6.59. The van der Waals surface area contributed by atoms with Crippen molar-refractivity contribution in [3.05, 3.63) is 24.0 Å². The number of alkyl halides is 2. The van der Waals surface area contributed by atoms with E-state index in [2.05, 4.69) is 20.9 Å². The standard InChI is InChI=1S/C27H34F2N6O3/c1-15-8-19(14-31-13-15)33-22(9-16-2-3-16)26(38)35-20-4-5-21(27(28,29)11-20)23(35)25(37)34-18(12-30)10-17-6-7-32-24(17)36/h8,13-14,16-18,20-23,33H,2-7,9-11H2,1H3,(H,32,36)(H,34,37)/t17-,18+,20+,21+,22-,23-/m0/s1. The molecule has 0 spiro atoms. The maximum Gasteiger partial charge on any atom is 0.255 e. The summed E-state index contributed by atoms with van der Waals surface area (Å²) in [4.78, 5) is 45.1. The Morgan fingerprint density at radius 2 is 2.03 bits per heavy atom. The van der Waals surface area contributed by atoms with Gasteiger partial charge in [0.05, 0.1) is 17.7 Å². The highest BCUT2D eigenvalue weighted by Gasteiger charge is 2.61. The predicted molar refractivity (Wildman–Crippen MR) is 134 cm³/mol. The lowest BCUT2D eigenvalue weighted by molar-refractivity contribution is -0.194. The number of rotatable bonds is 9. The van der Waals surface area contributed by atoms with Crippen molar-refractivity contribution in [2.45, 2.75) is 88.4 Å². The summed E-state index contributed by atoms with van der Waals surface area (Å²) in [7, 11) is 0. The van der Waals surface area contributed by atoms with Gasteiger partial charge in [0.25, 0.3) is 5.92 Å². The molecule has 6 rings (SSSR count).